The smallest absolute Gasteiger partial charge is 0.0670 e. The van der Waals surface area contributed by atoms with E-state index in [1.807, 2.05) is 11.3 Å². The van der Waals surface area contributed by atoms with E-state index in [0.717, 1.165) is 19.8 Å². The van der Waals surface area contributed by atoms with Crippen LogP contribution in [0.1, 0.15) is 16.5 Å². The summed E-state index contributed by atoms with van der Waals surface area (Å²) in [5.41, 5.74) is 1.38. The van der Waals surface area contributed by atoms with Crippen LogP contribution in [-0.2, 0) is 4.74 Å². The SMILES string of the molecule is Cc1ccsc1[C@@H]1COCCN1. The average Bonchev–Trinajstić information content (AvgIpc) is 2.53. The minimum Gasteiger partial charge on any atom is -0.378 e. The summed E-state index contributed by atoms with van der Waals surface area (Å²) in [6, 6.07) is 2.59. The summed E-state index contributed by atoms with van der Waals surface area (Å²) in [4.78, 5) is 1.43. The first-order valence-corrected chi connectivity index (χ1v) is 5.11. The lowest BCUT2D eigenvalue weighted by Crippen LogP contribution is -2.34. The zero-order valence-corrected chi connectivity index (χ0v) is 7.99. The van der Waals surface area contributed by atoms with Gasteiger partial charge in [0.1, 0.15) is 0 Å². The molecule has 0 saturated carbocycles. The summed E-state index contributed by atoms with van der Waals surface area (Å²) in [5, 5.41) is 5.59. The second-order valence-corrected chi connectivity index (χ2v) is 4.00. The third-order valence-corrected chi connectivity index (χ3v) is 3.27. The maximum Gasteiger partial charge on any atom is 0.0670 e. The lowest BCUT2D eigenvalue weighted by molar-refractivity contribution is 0.0777. The van der Waals surface area contributed by atoms with E-state index in [0.29, 0.717) is 6.04 Å². The van der Waals surface area contributed by atoms with Crippen molar-refractivity contribution in [2.45, 2.75) is 13.0 Å². The molecule has 12 heavy (non-hydrogen) atoms. The molecule has 1 atom stereocenters. The van der Waals surface area contributed by atoms with Gasteiger partial charge in [-0.1, -0.05) is 0 Å². The normalized spacial score (nSPS) is 24.2. The van der Waals surface area contributed by atoms with E-state index in [1.165, 1.54) is 10.4 Å². The lowest BCUT2D eigenvalue weighted by atomic mass is 10.1. The zero-order valence-electron chi connectivity index (χ0n) is 7.17. The van der Waals surface area contributed by atoms with Crippen LogP contribution >= 0.6 is 11.3 Å². The minimum absolute atomic E-state index is 0.429. The van der Waals surface area contributed by atoms with Gasteiger partial charge < -0.3 is 10.1 Å². The fraction of sp³-hybridized carbons (Fsp3) is 0.556. The summed E-state index contributed by atoms with van der Waals surface area (Å²) in [6.45, 7) is 4.80. The molecule has 0 aliphatic carbocycles. The van der Waals surface area contributed by atoms with Crippen molar-refractivity contribution < 1.29 is 4.74 Å². The van der Waals surface area contributed by atoms with Crippen molar-refractivity contribution in [1.29, 1.82) is 0 Å². The molecular formula is C9H13NOS. The Balaban J connectivity index is 2.13. The Morgan fingerprint density at radius 3 is 3.17 bits per heavy atom. The number of hydrogen-bond donors (Lipinski definition) is 1. The molecule has 0 aromatic carbocycles. The molecule has 0 amide bonds. The molecule has 0 bridgehead atoms. The summed E-state index contributed by atoms with van der Waals surface area (Å²) in [7, 11) is 0. The van der Waals surface area contributed by atoms with Crippen LogP contribution in [0, 0.1) is 6.92 Å². The van der Waals surface area contributed by atoms with Crippen molar-refractivity contribution in [2.24, 2.45) is 0 Å². The number of nitrogens with one attached hydrogen (secondary N) is 1. The molecule has 1 aromatic rings. The highest BCUT2D eigenvalue weighted by Crippen LogP contribution is 2.24. The molecule has 1 aromatic heterocycles. The van der Waals surface area contributed by atoms with Crippen LogP contribution in [0.4, 0.5) is 0 Å². The van der Waals surface area contributed by atoms with Gasteiger partial charge >= 0.3 is 0 Å². The van der Waals surface area contributed by atoms with Crippen LogP contribution in [0.15, 0.2) is 11.4 Å². The molecule has 1 N–H and O–H groups in total. The number of aryl methyl sites for hydroxylation is 1. The molecule has 2 nitrogen and oxygen atoms in total. The average molecular weight is 183 g/mol. The van der Waals surface area contributed by atoms with Gasteiger partial charge in [0.05, 0.1) is 19.3 Å². The van der Waals surface area contributed by atoms with E-state index in [4.69, 9.17) is 4.74 Å². The number of rotatable bonds is 1. The van der Waals surface area contributed by atoms with Crippen molar-refractivity contribution >= 4 is 11.3 Å². The van der Waals surface area contributed by atoms with Gasteiger partial charge in [0.25, 0.3) is 0 Å². The first-order valence-electron chi connectivity index (χ1n) is 4.23. The predicted molar refractivity (Wildman–Crippen MR) is 50.6 cm³/mol. The van der Waals surface area contributed by atoms with Crippen molar-refractivity contribution in [1.82, 2.24) is 5.32 Å². The molecule has 1 fully saturated rings. The van der Waals surface area contributed by atoms with Crippen LogP contribution in [0.25, 0.3) is 0 Å². The predicted octanol–water partition coefficient (Wildman–Crippen LogP) is 1.72. The number of morpholine rings is 1. The molecular weight excluding hydrogens is 170 g/mol. The second-order valence-electron chi connectivity index (χ2n) is 3.05. The first-order chi connectivity index (χ1) is 5.88. The Morgan fingerprint density at radius 1 is 1.67 bits per heavy atom. The molecule has 2 rings (SSSR count). The summed E-state index contributed by atoms with van der Waals surface area (Å²) in [5.74, 6) is 0. The summed E-state index contributed by atoms with van der Waals surface area (Å²) < 4.78 is 5.41. The summed E-state index contributed by atoms with van der Waals surface area (Å²) >= 11 is 1.81. The van der Waals surface area contributed by atoms with Gasteiger partial charge in [-0.25, -0.2) is 0 Å². The second kappa shape index (κ2) is 3.56. The fourth-order valence-electron chi connectivity index (χ4n) is 1.48. The number of hydrogen-bond acceptors (Lipinski definition) is 3. The van der Waals surface area contributed by atoms with E-state index < -0.39 is 0 Å². The van der Waals surface area contributed by atoms with Crippen LogP contribution in [0.5, 0.6) is 0 Å². The molecule has 0 unspecified atom stereocenters. The van der Waals surface area contributed by atoms with Crippen LogP contribution in [0.3, 0.4) is 0 Å². The van der Waals surface area contributed by atoms with Gasteiger partial charge in [0, 0.05) is 11.4 Å². The van der Waals surface area contributed by atoms with Crippen LogP contribution in [-0.4, -0.2) is 19.8 Å². The van der Waals surface area contributed by atoms with Crippen molar-refractivity contribution in [3.05, 3.63) is 21.9 Å². The zero-order chi connectivity index (χ0) is 8.39. The van der Waals surface area contributed by atoms with E-state index in [2.05, 4.69) is 23.7 Å². The highest BCUT2D eigenvalue weighted by molar-refractivity contribution is 7.10. The molecule has 66 valence electrons. The largest absolute Gasteiger partial charge is 0.378 e. The first kappa shape index (κ1) is 8.23. The molecule has 1 saturated heterocycles. The maximum absolute atomic E-state index is 5.41. The van der Waals surface area contributed by atoms with E-state index in [-0.39, 0.29) is 0 Å². The Bertz CT molecular complexity index is 253. The van der Waals surface area contributed by atoms with Crippen LogP contribution < -0.4 is 5.32 Å². The summed E-state index contributed by atoms with van der Waals surface area (Å²) in [6.07, 6.45) is 0. The molecule has 1 aliphatic heterocycles. The molecule has 3 heteroatoms. The lowest BCUT2D eigenvalue weighted by Gasteiger charge is -2.23. The van der Waals surface area contributed by atoms with E-state index in [9.17, 15) is 0 Å². The Hall–Kier alpha value is -0.380. The van der Waals surface area contributed by atoms with Crippen molar-refractivity contribution in [3.8, 4) is 0 Å². The minimum atomic E-state index is 0.429. The molecule has 2 heterocycles. The third-order valence-electron chi connectivity index (χ3n) is 2.14. The van der Waals surface area contributed by atoms with Gasteiger partial charge in [0.15, 0.2) is 0 Å². The molecule has 0 spiro atoms. The van der Waals surface area contributed by atoms with Gasteiger partial charge in [-0.3, -0.25) is 0 Å². The van der Waals surface area contributed by atoms with E-state index in [1.54, 1.807) is 0 Å². The van der Waals surface area contributed by atoms with Gasteiger partial charge in [-0.2, -0.15) is 0 Å². The Morgan fingerprint density at radius 2 is 2.58 bits per heavy atom. The number of ether oxygens (including phenoxy) is 1. The molecule has 0 radical (unpaired) electrons. The van der Waals surface area contributed by atoms with Gasteiger partial charge in [-0.15, -0.1) is 11.3 Å². The highest BCUT2D eigenvalue weighted by Gasteiger charge is 2.17. The highest BCUT2D eigenvalue weighted by atomic mass is 32.1. The van der Waals surface area contributed by atoms with E-state index >= 15 is 0 Å². The van der Waals surface area contributed by atoms with Gasteiger partial charge in [-0.05, 0) is 23.9 Å². The Labute approximate surface area is 76.6 Å². The maximum atomic E-state index is 5.41. The standard InChI is InChI=1S/C9H13NOS/c1-7-2-5-12-9(7)8-6-11-4-3-10-8/h2,5,8,10H,3-4,6H2,1H3/t8-/m0/s1. The topological polar surface area (TPSA) is 21.3 Å². The fourth-order valence-corrected chi connectivity index (χ4v) is 2.46. The van der Waals surface area contributed by atoms with Crippen LogP contribution in [0.2, 0.25) is 0 Å². The van der Waals surface area contributed by atoms with Gasteiger partial charge in [0.2, 0.25) is 0 Å². The van der Waals surface area contributed by atoms with Crippen molar-refractivity contribution in [3.63, 3.8) is 0 Å². The number of thiophene rings is 1. The quantitative estimate of drug-likeness (QED) is 0.715. The van der Waals surface area contributed by atoms with Crippen molar-refractivity contribution in [2.75, 3.05) is 19.8 Å². The molecule has 1 aliphatic rings. The third kappa shape index (κ3) is 1.53. The Kier molecular flexibility index (Phi) is 2.44. The monoisotopic (exact) mass is 183 g/mol.